The first-order valence-corrected chi connectivity index (χ1v) is 45.9. The maximum atomic E-state index is 14.4. The number of carboxylic acid groups (broad SMARTS) is 2. The third-order valence-electron chi connectivity index (χ3n) is 24.3. The minimum Gasteiger partial charge on any atom is -0.506 e. The Hall–Kier alpha value is -11.4. The molecule has 5 heterocycles. The lowest BCUT2D eigenvalue weighted by atomic mass is 9.92. The van der Waals surface area contributed by atoms with Crippen molar-refractivity contribution in [2.45, 2.75) is 260 Å². The highest BCUT2D eigenvalue weighted by Crippen LogP contribution is 2.36. The number of carbonyl (C=O) groups is 16. The number of amides is 12. The number of phenols is 2. The van der Waals surface area contributed by atoms with Crippen LogP contribution in [0, 0.1) is 35.5 Å². The van der Waals surface area contributed by atoms with E-state index >= 15 is 0 Å². The standard InChI is InChI=1S/C47H67N7O11S.C45H65N7O11S/c1-10-28(4)41(51-46(64)47(7,8)53-19-11-12-20-53)44(61)52(9)35(27(2)3)25-37(65-30(6)55)43-50-34(26-66-43)42(60)48-32(22-29(5)45(62)63)23-31-15-16-36(56)33(24-31)49-38(57)14-13-21-54-39(58)17-18-40(54)59;1-12-26(4)39(49-44(62)45(7,8)50(9)10)42(59)51(11)33(25(2)3)23-35(63-28(6)53)41-48-32(24-64-41)40(58)46-30(20-27(5)43(60)61)21-29-15-16-34(54)31(22-29)47-36(55)14-13-19-52-37(56)17-18-38(52)57/h15-18,24,26-29,32,35,37,41,56H,10-14,19-23,25H2,1-9H3,(H,48,60)(H,49,57)(H,51,64)(H,62,63);15-18,22,24-27,30,33,35,39,54H,12-14,19-21,23H2,1-11H3,(H,46,58)(H,47,55)(H,49,62)(H,60,61)/t28-,29?,32+,35+,37+,41-;26-,27?,30+,33+,35+,39-/m00/s1. The highest BCUT2D eigenvalue weighted by molar-refractivity contribution is 7.10. The van der Waals surface area contributed by atoms with Gasteiger partial charge in [0, 0.05) is 126 Å². The summed E-state index contributed by atoms with van der Waals surface area (Å²) in [5.41, 5.74) is -0.431. The number of thiazole rings is 2. The van der Waals surface area contributed by atoms with Crippen molar-refractivity contribution in [3.05, 3.63) is 104 Å². The molecule has 12 amide bonds. The van der Waals surface area contributed by atoms with Crippen LogP contribution in [0.4, 0.5) is 11.4 Å². The van der Waals surface area contributed by atoms with Crippen molar-refractivity contribution in [2.24, 2.45) is 35.5 Å². The average molecular weight is 1850 g/mol. The van der Waals surface area contributed by atoms with Gasteiger partial charge in [-0.1, -0.05) is 94.2 Å². The van der Waals surface area contributed by atoms with Crippen molar-refractivity contribution in [3.8, 4) is 11.5 Å². The summed E-state index contributed by atoms with van der Waals surface area (Å²) in [5.74, 6) is -11.3. The number of esters is 2. The van der Waals surface area contributed by atoms with Gasteiger partial charge in [-0.2, -0.15) is 0 Å². The Labute approximate surface area is 768 Å². The number of aliphatic carboxylic acids is 2. The summed E-state index contributed by atoms with van der Waals surface area (Å²) in [6.07, 6.45) is 6.82. The first-order valence-electron chi connectivity index (χ1n) is 44.1. The molecule has 4 aromatic rings. The van der Waals surface area contributed by atoms with Gasteiger partial charge in [-0.25, -0.2) is 9.97 Å². The Morgan fingerprint density at radius 1 is 0.515 bits per heavy atom. The van der Waals surface area contributed by atoms with Crippen LogP contribution in [0.25, 0.3) is 0 Å². The fourth-order valence-corrected chi connectivity index (χ4v) is 16.8. The highest BCUT2D eigenvalue weighted by atomic mass is 32.1. The number of ether oxygens (including phenoxy) is 2. The molecule has 130 heavy (non-hydrogen) atoms. The van der Waals surface area contributed by atoms with Gasteiger partial charge in [0.2, 0.25) is 35.4 Å². The molecule has 1 saturated heterocycles. The van der Waals surface area contributed by atoms with Crippen LogP contribution in [0.2, 0.25) is 0 Å². The fourth-order valence-electron chi connectivity index (χ4n) is 15.1. The van der Waals surface area contributed by atoms with Gasteiger partial charge < -0.3 is 71.6 Å². The quantitative estimate of drug-likeness (QED) is 0.0112. The molecule has 714 valence electrons. The number of phenolic OH excluding ortho intramolecular Hbond substituents is 2. The van der Waals surface area contributed by atoms with Crippen LogP contribution in [0.1, 0.15) is 242 Å². The second-order valence-electron chi connectivity index (χ2n) is 35.7. The van der Waals surface area contributed by atoms with E-state index in [2.05, 4.69) is 46.8 Å². The summed E-state index contributed by atoms with van der Waals surface area (Å²) in [5, 5.41) is 61.3. The van der Waals surface area contributed by atoms with Gasteiger partial charge in [-0.3, -0.25) is 96.3 Å². The van der Waals surface area contributed by atoms with E-state index in [9.17, 15) is 97.1 Å². The summed E-state index contributed by atoms with van der Waals surface area (Å²) in [7, 11) is 6.91. The lowest BCUT2D eigenvalue weighted by Gasteiger charge is -2.39. The minimum absolute atomic E-state index is 0.00223. The highest BCUT2D eigenvalue weighted by Gasteiger charge is 2.44. The topological polar surface area (TPSA) is 490 Å². The normalized spacial score (nSPS) is 16.3. The number of nitrogens with zero attached hydrogens (tertiary/aromatic N) is 8. The zero-order valence-electron chi connectivity index (χ0n) is 78.3. The summed E-state index contributed by atoms with van der Waals surface area (Å²) in [6, 6.07) is 4.80. The van der Waals surface area contributed by atoms with Crippen molar-refractivity contribution in [1.29, 1.82) is 0 Å². The monoisotopic (exact) mass is 1850 g/mol. The zero-order chi connectivity index (χ0) is 97.3. The van der Waals surface area contributed by atoms with Crippen molar-refractivity contribution in [1.82, 2.24) is 60.6 Å². The Balaban J connectivity index is 0.000000401. The number of hydrogen-bond donors (Lipinski definition) is 10. The minimum atomic E-state index is -1.08. The van der Waals surface area contributed by atoms with E-state index in [1.165, 1.54) is 62.7 Å². The van der Waals surface area contributed by atoms with Gasteiger partial charge in [0.1, 0.15) is 45.0 Å². The fraction of sp³-hybridized carbons (Fsp3) is 0.587. The number of carbonyl (C=O) groups excluding carboxylic acids is 14. The van der Waals surface area contributed by atoms with Crippen molar-refractivity contribution in [3.63, 3.8) is 0 Å². The van der Waals surface area contributed by atoms with Gasteiger partial charge in [0.05, 0.1) is 34.3 Å². The molecule has 2 aromatic carbocycles. The summed E-state index contributed by atoms with van der Waals surface area (Å²) >= 11 is 2.18. The van der Waals surface area contributed by atoms with Crippen LogP contribution in [-0.2, 0) is 89.4 Å². The van der Waals surface area contributed by atoms with E-state index in [4.69, 9.17) is 9.47 Å². The van der Waals surface area contributed by atoms with Crippen LogP contribution in [-0.4, -0.2) is 256 Å². The molecule has 3 aliphatic heterocycles. The molecule has 0 spiro atoms. The van der Waals surface area contributed by atoms with Gasteiger partial charge in [-0.05, 0) is 165 Å². The Morgan fingerprint density at radius 3 is 1.19 bits per heavy atom. The molecule has 0 saturated carbocycles. The first-order chi connectivity index (χ1) is 60.9. The number of hydrogen-bond acceptors (Lipinski definition) is 26. The zero-order valence-corrected chi connectivity index (χ0v) is 79.9. The smallest absolute Gasteiger partial charge is 0.306 e. The van der Waals surface area contributed by atoms with Crippen LogP contribution >= 0.6 is 22.7 Å². The number of aromatic hydroxyl groups is 2. The van der Waals surface area contributed by atoms with Crippen molar-refractivity contribution < 1.29 is 107 Å². The second kappa shape index (κ2) is 49.0. The Kier molecular flexibility index (Phi) is 40.5. The van der Waals surface area contributed by atoms with E-state index < -0.39 is 143 Å². The first kappa shape index (κ1) is 107. The predicted molar refractivity (Wildman–Crippen MR) is 487 cm³/mol. The van der Waals surface area contributed by atoms with Crippen molar-refractivity contribution >= 4 is 129 Å². The van der Waals surface area contributed by atoms with Gasteiger partial charge in [-0.15, -0.1) is 22.7 Å². The maximum absolute atomic E-state index is 14.4. The number of imide groups is 2. The summed E-state index contributed by atoms with van der Waals surface area (Å²) in [4.78, 5) is 223. The van der Waals surface area contributed by atoms with Crippen LogP contribution in [0.3, 0.4) is 0 Å². The molecule has 0 bridgehead atoms. The van der Waals surface area contributed by atoms with E-state index in [1.54, 1.807) is 68.9 Å². The number of anilines is 2. The molecule has 2 unspecified atom stereocenters. The van der Waals surface area contributed by atoms with Crippen molar-refractivity contribution in [2.75, 3.05) is 65.0 Å². The maximum Gasteiger partial charge on any atom is 0.306 e. The second-order valence-corrected chi connectivity index (χ2v) is 37.5. The molecule has 0 aliphatic carbocycles. The molecule has 10 N–H and O–H groups in total. The molecule has 2 aromatic heterocycles. The number of likely N-dealkylation sites (tertiary alicyclic amines) is 1. The van der Waals surface area contributed by atoms with E-state index in [-0.39, 0.29) is 159 Å². The predicted octanol–water partition coefficient (Wildman–Crippen LogP) is 9.12. The van der Waals surface area contributed by atoms with Gasteiger partial charge >= 0.3 is 23.9 Å². The molecule has 3 aliphatic rings. The number of nitrogens with one attached hydrogen (secondary N) is 6. The lowest BCUT2D eigenvalue weighted by Crippen LogP contribution is -2.60. The van der Waals surface area contributed by atoms with E-state index in [0.717, 1.165) is 82.7 Å². The number of likely N-dealkylation sites (N-methyl/N-ethyl adjacent to an activating group) is 3. The van der Waals surface area contributed by atoms with Gasteiger partial charge in [0.25, 0.3) is 35.4 Å². The molecule has 7 rings (SSSR count). The van der Waals surface area contributed by atoms with Crippen LogP contribution in [0.5, 0.6) is 11.5 Å². The van der Waals surface area contributed by atoms with E-state index in [1.807, 2.05) is 69.2 Å². The summed E-state index contributed by atoms with van der Waals surface area (Å²) in [6.45, 7) is 30.0. The molecule has 12 atom stereocenters. The largest absolute Gasteiger partial charge is 0.506 e. The molecule has 1 fully saturated rings. The Bertz CT molecular complexity index is 4750. The van der Waals surface area contributed by atoms with Crippen LogP contribution < -0.4 is 31.9 Å². The lowest BCUT2D eigenvalue weighted by molar-refractivity contribution is -0.150. The molecular formula is C92H132N14O22S2. The third kappa shape index (κ3) is 30.6. The van der Waals surface area contributed by atoms with Gasteiger partial charge in [0.15, 0.2) is 12.2 Å². The third-order valence-corrected chi connectivity index (χ3v) is 26.1. The summed E-state index contributed by atoms with van der Waals surface area (Å²) < 4.78 is 11.6. The molecule has 38 heteroatoms. The number of aromatic nitrogens is 2. The molecular weight excluding hydrogens is 1720 g/mol. The average Bonchev–Trinajstić information content (AvgIpc) is 1.22. The molecule has 36 nitrogen and oxygen atoms in total. The van der Waals surface area contributed by atoms with Crippen LogP contribution in [0.15, 0.2) is 71.5 Å². The Morgan fingerprint density at radius 2 is 0.869 bits per heavy atom. The molecule has 0 radical (unpaired) electrons. The number of rotatable bonds is 48. The van der Waals surface area contributed by atoms with E-state index in [0.29, 0.717) is 34.0 Å². The number of benzene rings is 2. The number of carboxylic acids is 2. The SMILES string of the molecule is CC[C@H](C)[C@H](NC(=O)C(C)(C)N(C)C)C(=O)N(C)[C@H](C[C@@H](OC(C)=O)c1nc(C(=O)N[C@@H](Cc2ccc(O)c(NC(=O)CCCN3C(=O)C=CC3=O)c2)CC(C)C(=O)O)cs1)C(C)C.CC[C@H](C)[C@H](NC(=O)C(C)(C)N1CCCC1)C(=O)N(C)[C@H](C[C@@H](OC(C)=O)c1nc(C(=O)N[C@@H](Cc2ccc(O)c(NC(=O)CCCN3C(=O)C=CC3=O)c2)CC(C)C(=O)O)cs1)C(C)C.